The molecule has 0 radical (unpaired) electrons. The summed E-state index contributed by atoms with van der Waals surface area (Å²) in [5.74, 6) is 1.04. The Bertz CT molecular complexity index is 1090. The van der Waals surface area contributed by atoms with Crippen LogP contribution in [0.15, 0.2) is 42.9 Å². The summed E-state index contributed by atoms with van der Waals surface area (Å²) in [4.78, 5) is 14.4. The summed E-state index contributed by atoms with van der Waals surface area (Å²) in [6.07, 6.45) is 16.3. The van der Waals surface area contributed by atoms with Crippen LogP contribution < -0.4 is 5.32 Å². The second-order valence-electron chi connectivity index (χ2n) is 10.6. The zero-order valence-corrected chi connectivity index (χ0v) is 20.4. The molecule has 1 aromatic carbocycles. The second kappa shape index (κ2) is 9.85. The third-order valence-electron chi connectivity index (χ3n) is 7.84. The maximum Gasteiger partial charge on any atom is 0.223 e. The molecule has 3 aromatic rings. The Kier molecular flexibility index (Phi) is 6.66. The average molecular weight is 462 g/mol. The fourth-order valence-electron chi connectivity index (χ4n) is 5.84. The molecule has 34 heavy (non-hydrogen) atoms. The molecule has 0 spiro atoms. The molecule has 2 aromatic heterocycles. The molecule has 0 amide bonds. The van der Waals surface area contributed by atoms with Gasteiger partial charge in [0.2, 0.25) is 5.95 Å². The molecular formula is C28H36FN5. The highest BCUT2D eigenvalue weighted by molar-refractivity contribution is 5.77. The van der Waals surface area contributed by atoms with Gasteiger partial charge in [-0.2, -0.15) is 0 Å². The van der Waals surface area contributed by atoms with Gasteiger partial charge in [-0.3, -0.25) is 0 Å². The van der Waals surface area contributed by atoms with Crippen molar-refractivity contribution >= 4 is 5.95 Å². The molecule has 0 saturated heterocycles. The summed E-state index contributed by atoms with van der Waals surface area (Å²) in [6, 6.07) is 8.99. The van der Waals surface area contributed by atoms with Gasteiger partial charge in [0, 0.05) is 23.3 Å². The number of anilines is 1. The number of hydrogen-bond acceptors (Lipinski definition) is 4. The van der Waals surface area contributed by atoms with Crippen LogP contribution in [0.25, 0.3) is 22.6 Å². The maximum atomic E-state index is 13.6. The summed E-state index contributed by atoms with van der Waals surface area (Å²) >= 11 is 0. The van der Waals surface area contributed by atoms with Crippen molar-refractivity contribution < 1.29 is 4.39 Å². The van der Waals surface area contributed by atoms with Crippen molar-refractivity contribution in [2.75, 3.05) is 5.32 Å². The average Bonchev–Trinajstić information content (AvgIpc) is 3.31. The minimum absolute atomic E-state index is 0.0670. The lowest BCUT2D eigenvalue weighted by molar-refractivity contribution is 0.257. The van der Waals surface area contributed by atoms with Gasteiger partial charge >= 0.3 is 0 Å². The van der Waals surface area contributed by atoms with E-state index in [2.05, 4.69) is 28.7 Å². The monoisotopic (exact) mass is 461 g/mol. The quantitative estimate of drug-likeness (QED) is 0.415. The highest BCUT2D eigenvalue weighted by atomic mass is 19.1. The molecule has 1 N–H and O–H groups in total. The van der Waals surface area contributed by atoms with Gasteiger partial charge in [0.15, 0.2) is 0 Å². The van der Waals surface area contributed by atoms with Crippen molar-refractivity contribution in [2.24, 2.45) is 5.92 Å². The fourth-order valence-corrected chi connectivity index (χ4v) is 5.84. The van der Waals surface area contributed by atoms with Crippen LogP contribution in [-0.2, 0) is 0 Å². The predicted octanol–water partition coefficient (Wildman–Crippen LogP) is 7.42. The summed E-state index contributed by atoms with van der Waals surface area (Å²) in [7, 11) is 0. The first kappa shape index (κ1) is 23.0. The Balaban J connectivity index is 1.51. The number of nitrogens with zero attached hydrogens (tertiary/aromatic N) is 4. The lowest BCUT2D eigenvalue weighted by Crippen LogP contribution is -2.41. The number of benzene rings is 1. The molecular weight excluding hydrogens is 425 g/mol. The number of halogens is 1. The first-order chi connectivity index (χ1) is 16.5. The highest BCUT2D eigenvalue weighted by Crippen LogP contribution is 2.38. The molecule has 5 nitrogen and oxygen atoms in total. The lowest BCUT2D eigenvalue weighted by atomic mass is 9.77. The number of aromatic nitrogens is 4. The fraction of sp³-hybridized carbons (Fsp3) is 0.536. The van der Waals surface area contributed by atoms with E-state index in [1.54, 1.807) is 12.1 Å². The third-order valence-corrected chi connectivity index (χ3v) is 7.84. The minimum Gasteiger partial charge on any atom is -0.349 e. The molecule has 0 bridgehead atoms. The van der Waals surface area contributed by atoms with Crippen LogP contribution in [0.5, 0.6) is 0 Å². The summed E-state index contributed by atoms with van der Waals surface area (Å²) < 4.78 is 15.9. The van der Waals surface area contributed by atoms with E-state index in [1.165, 1.54) is 63.5 Å². The van der Waals surface area contributed by atoms with Crippen LogP contribution in [0.4, 0.5) is 10.3 Å². The maximum absolute atomic E-state index is 13.6. The molecule has 5 rings (SSSR count). The van der Waals surface area contributed by atoms with Crippen LogP contribution in [0.3, 0.4) is 0 Å². The zero-order chi connectivity index (χ0) is 23.5. The third kappa shape index (κ3) is 4.86. The Morgan fingerprint density at radius 2 is 1.56 bits per heavy atom. The van der Waals surface area contributed by atoms with E-state index >= 15 is 0 Å². The number of hydrogen-bond donors (Lipinski definition) is 1. The molecule has 180 valence electrons. The molecule has 0 unspecified atom stereocenters. The molecule has 2 aliphatic rings. The van der Waals surface area contributed by atoms with Gasteiger partial charge in [0.1, 0.15) is 5.82 Å². The van der Waals surface area contributed by atoms with E-state index < -0.39 is 0 Å². The number of imidazole rings is 1. The zero-order valence-electron chi connectivity index (χ0n) is 20.4. The minimum atomic E-state index is -0.240. The van der Waals surface area contributed by atoms with Gasteiger partial charge < -0.3 is 9.88 Å². The molecule has 2 fully saturated rings. The number of rotatable bonds is 6. The first-order valence-corrected chi connectivity index (χ1v) is 13.0. The highest BCUT2D eigenvalue weighted by Gasteiger charge is 2.31. The largest absolute Gasteiger partial charge is 0.349 e. The van der Waals surface area contributed by atoms with E-state index in [-0.39, 0.29) is 11.4 Å². The Morgan fingerprint density at radius 3 is 2.26 bits per heavy atom. The number of nitrogens with one attached hydrogen (secondary N) is 1. The van der Waals surface area contributed by atoms with Crippen LogP contribution in [0.1, 0.15) is 84.1 Å². The molecule has 2 heterocycles. The first-order valence-electron chi connectivity index (χ1n) is 13.0. The van der Waals surface area contributed by atoms with E-state index in [4.69, 9.17) is 9.97 Å². The van der Waals surface area contributed by atoms with Crippen LogP contribution in [0, 0.1) is 11.7 Å². The van der Waals surface area contributed by atoms with Crippen LogP contribution in [0.2, 0.25) is 0 Å². The SMILES string of the molecule is CC(C)(Nc1nccc(-c2c(-c3ccc(F)cc3)ncn2C2CCCCC2)n1)C1CCCCC1. The smallest absolute Gasteiger partial charge is 0.223 e. The normalized spacial score (nSPS) is 18.2. The van der Waals surface area contributed by atoms with Gasteiger partial charge in [0.25, 0.3) is 0 Å². The Morgan fingerprint density at radius 1 is 0.882 bits per heavy atom. The van der Waals surface area contributed by atoms with Crippen molar-refractivity contribution in [1.29, 1.82) is 0 Å². The molecule has 2 aliphatic carbocycles. The van der Waals surface area contributed by atoms with E-state index in [0.29, 0.717) is 17.9 Å². The van der Waals surface area contributed by atoms with Gasteiger partial charge in [-0.1, -0.05) is 38.5 Å². The van der Waals surface area contributed by atoms with Crippen molar-refractivity contribution in [1.82, 2.24) is 19.5 Å². The molecule has 0 aliphatic heterocycles. The Labute approximate surface area is 202 Å². The summed E-state index contributed by atoms with van der Waals surface area (Å²) in [6.45, 7) is 4.55. The molecule has 2 saturated carbocycles. The van der Waals surface area contributed by atoms with Crippen molar-refractivity contribution in [3.8, 4) is 22.6 Å². The second-order valence-corrected chi connectivity index (χ2v) is 10.6. The standard InChI is InChI=1S/C28H36FN5/c1-28(2,21-9-5-3-6-10-21)33-27-30-18-17-24(32-27)26-25(20-13-15-22(29)16-14-20)31-19-34(26)23-11-7-4-8-12-23/h13-19,21,23H,3-12H2,1-2H3,(H,30,32,33). The lowest BCUT2D eigenvalue weighted by Gasteiger charge is -2.37. The van der Waals surface area contributed by atoms with Crippen LogP contribution >= 0.6 is 0 Å². The topological polar surface area (TPSA) is 55.6 Å². The van der Waals surface area contributed by atoms with E-state index in [0.717, 1.165) is 35.5 Å². The van der Waals surface area contributed by atoms with Crippen LogP contribution in [-0.4, -0.2) is 25.1 Å². The molecule has 6 heteroatoms. The molecule has 0 atom stereocenters. The van der Waals surface area contributed by atoms with Crippen molar-refractivity contribution in [3.05, 3.63) is 48.7 Å². The van der Waals surface area contributed by atoms with E-state index in [9.17, 15) is 4.39 Å². The summed E-state index contributed by atoms with van der Waals surface area (Å²) in [5, 5.41) is 3.65. The summed E-state index contributed by atoms with van der Waals surface area (Å²) in [5.41, 5.74) is 3.55. The van der Waals surface area contributed by atoms with Gasteiger partial charge in [-0.05, 0) is 75.8 Å². The van der Waals surface area contributed by atoms with Crippen molar-refractivity contribution in [3.63, 3.8) is 0 Å². The van der Waals surface area contributed by atoms with Crippen molar-refractivity contribution in [2.45, 2.75) is 89.6 Å². The Hall–Kier alpha value is -2.76. The van der Waals surface area contributed by atoms with Gasteiger partial charge in [-0.25, -0.2) is 19.3 Å². The van der Waals surface area contributed by atoms with E-state index in [1.807, 2.05) is 18.6 Å². The predicted molar refractivity (Wildman–Crippen MR) is 135 cm³/mol. The van der Waals surface area contributed by atoms with Gasteiger partial charge in [-0.15, -0.1) is 0 Å². The van der Waals surface area contributed by atoms with Gasteiger partial charge in [0.05, 0.1) is 23.4 Å².